The third-order valence-electron chi connectivity index (χ3n) is 4.79. The quantitative estimate of drug-likeness (QED) is 0.791. The Bertz CT molecular complexity index is 253. The Hall–Kier alpha value is -0.570. The van der Waals surface area contributed by atoms with E-state index in [1.165, 1.54) is 38.6 Å². The molecule has 0 aliphatic heterocycles. The lowest BCUT2D eigenvalue weighted by molar-refractivity contribution is -0.143. The minimum absolute atomic E-state index is 0.0698. The van der Waals surface area contributed by atoms with Crippen molar-refractivity contribution in [2.45, 2.75) is 57.8 Å². The van der Waals surface area contributed by atoms with Gasteiger partial charge in [-0.2, -0.15) is 0 Å². The van der Waals surface area contributed by atoms with E-state index in [2.05, 4.69) is 5.32 Å². The number of carboxylic acid groups (broad SMARTS) is 1. The molecule has 18 heavy (non-hydrogen) atoms. The first-order valence-corrected chi connectivity index (χ1v) is 7.69. The molecule has 2 aliphatic rings. The van der Waals surface area contributed by atoms with Gasteiger partial charge in [-0.3, -0.25) is 4.79 Å². The molecule has 3 nitrogen and oxygen atoms in total. The van der Waals surface area contributed by atoms with Gasteiger partial charge in [0.1, 0.15) is 0 Å². The fraction of sp³-hybridized carbons (Fsp3) is 0.933. The lowest BCUT2D eigenvalue weighted by Gasteiger charge is -2.27. The van der Waals surface area contributed by atoms with E-state index in [1.807, 2.05) is 0 Å². The fourth-order valence-electron chi connectivity index (χ4n) is 3.50. The maximum Gasteiger partial charge on any atom is 0.306 e. The van der Waals surface area contributed by atoms with E-state index < -0.39 is 5.97 Å². The highest BCUT2D eigenvalue weighted by Crippen LogP contribution is 2.28. The highest BCUT2D eigenvalue weighted by atomic mass is 16.4. The molecule has 0 radical (unpaired) electrons. The Balaban J connectivity index is 1.56. The number of carboxylic acids is 1. The maximum atomic E-state index is 10.9. The van der Waals surface area contributed by atoms with Crippen LogP contribution in [0, 0.1) is 17.8 Å². The van der Waals surface area contributed by atoms with Gasteiger partial charge in [0.25, 0.3) is 0 Å². The Morgan fingerprint density at radius 2 is 1.44 bits per heavy atom. The standard InChI is InChI=1S/C15H27NO2/c17-15(18)14-8-6-13(7-9-14)11-16-10-12-4-2-1-3-5-12/h12-14,16H,1-11H2,(H,17,18). The molecule has 2 aliphatic carbocycles. The van der Waals surface area contributed by atoms with E-state index >= 15 is 0 Å². The summed E-state index contributed by atoms with van der Waals surface area (Å²) in [6.07, 6.45) is 11.0. The lowest BCUT2D eigenvalue weighted by Crippen LogP contribution is -2.32. The van der Waals surface area contributed by atoms with E-state index in [0.717, 1.165) is 38.1 Å². The normalized spacial score (nSPS) is 30.2. The van der Waals surface area contributed by atoms with Crippen LogP contribution in [0.25, 0.3) is 0 Å². The first kappa shape index (κ1) is 13.9. The third kappa shape index (κ3) is 4.27. The van der Waals surface area contributed by atoms with Crippen molar-refractivity contribution in [1.82, 2.24) is 5.32 Å². The average Bonchev–Trinajstić information content (AvgIpc) is 2.40. The minimum Gasteiger partial charge on any atom is -0.481 e. The third-order valence-corrected chi connectivity index (χ3v) is 4.79. The summed E-state index contributed by atoms with van der Waals surface area (Å²) < 4.78 is 0. The molecule has 2 saturated carbocycles. The highest BCUT2D eigenvalue weighted by molar-refractivity contribution is 5.69. The SMILES string of the molecule is O=C(O)C1CCC(CNCC2CCCCC2)CC1. The van der Waals surface area contributed by atoms with Crippen LogP contribution in [-0.2, 0) is 4.79 Å². The minimum atomic E-state index is -0.594. The van der Waals surface area contributed by atoms with Crippen molar-refractivity contribution in [3.63, 3.8) is 0 Å². The average molecular weight is 253 g/mol. The molecule has 0 amide bonds. The number of nitrogens with one attached hydrogen (secondary N) is 1. The largest absolute Gasteiger partial charge is 0.481 e. The van der Waals surface area contributed by atoms with Crippen LogP contribution in [0.2, 0.25) is 0 Å². The highest BCUT2D eigenvalue weighted by Gasteiger charge is 2.25. The molecule has 0 unspecified atom stereocenters. The van der Waals surface area contributed by atoms with Gasteiger partial charge in [-0.05, 0) is 63.5 Å². The van der Waals surface area contributed by atoms with E-state index in [9.17, 15) is 4.79 Å². The van der Waals surface area contributed by atoms with Crippen LogP contribution in [0.3, 0.4) is 0 Å². The molecule has 104 valence electrons. The van der Waals surface area contributed by atoms with Crippen LogP contribution in [0.4, 0.5) is 0 Å². The summed E-state index contributed by atoms with van der Waals surface area (Å²) in [6.45, 7) is 2.28. The molecule has 0 heterocycles. The molecule has 2 fully saturated rings. The second-order valence-electron chi connectivity index (χ2n) is 6.22. The molecule has 0 bridgehead atoms. The van der Waals surface area contributed by atoms with Crippen LogP contribution in [0.5, 0.6) is 0 Å². The second kappa shape index (κ2) is 7.13. The summed E-state index contributed by atoms with van der Waals surface area (Å²) in [5, 5.41) is 12.6. The topological polar surface area (TPSA) is 49.3 Å². The monoisotopic (exact) mass is 253 g/mol. The van der Waals surface area contributed by atoms with Crippen LogP contribution >= 0.6 is 0 Å². The molecule has 3 heteroatoms. The van der Waals surface area contributed by atoms with Gasteiger partial charge in [0.15, 0.2) is 0 Å². The Morgan fingerprint density at radius 3 is 2.00 bits per heavy atom. The molecule has 0 atom stereocenters. The molecule has 0 aromatic carbocycles. The molecule has 0 aromatic heterocycles. The summed E-state index contributed by atoms with van der Waals surface area (Å²) in [4.78, 5) is 10.9. The van der Waals surface area contributed by atoms with E-state index in [0.29, 0.717) is 5.92 Å². The van der Waals surface area contributed by atoms with Gasteiger partial charge >= 0.3 is 5.97 Å². The van der Waals surface area contributed by atoms with Crippen molar-refractivity contribution in [2.24, 2.45) is 17.8 Å². The van der Waals surface area contributed by atoms with Gasteiger partial charge in [-0.25, -0.2) is 0 Å². The maximum absolute atomic E-state index is 10.9. The molecular weight excluding hydrogens is 226 g/mol. The van der Waals surface area contributed by atoms with Crippen LogP contribution in [0.1, 0.15) is 57.8 Å². The number of carbonyl (C=O) groups is 1. The molecule has 0 spiro atoms. The smallest absolute Gasteiger partial charge is 0.306 e. The van der Waals surface area contributed by atoms with E-state index in [1.54, 1.807) is 0 Å². The summed E-state index contributed by atoms with van der Waals surface area (Å²) in [7, 11) is 0. The predicted octanol–water partition coefficient (Wildman–Crippen LogP) is 3.05. The zero-order valence-corrected chi connectivity index (χ0v) is 11.4. The molecule has 2 N–H and O–H groups in total. The fourth-order valence-corrected chi connectivity index (χ4v) is 3.50. The predicted molar refractivity (Wildman–Crippen MR) is 72.5 cm³/mol. The lowest BCUT2D eigenvalue weighted by atomic mass is 9.82. The van der Waals surface area contributed by atoms with E-state index in [4.69, 9.17) is 5.11 Å². The van der Waals surface area contributed by atoms with E-state index in [-0.39, 0.29) is 5.92 Å². The Kier molecular flexibility index (Phi) is 5.48. The molecule has 2 rings (SSSR count). The molecule has 0 aromatic rings. The van der Waals surface area contributed by atoms with Gasteiger partial charge in [0.05, 0.1) is 5.92 Å². The van der Waals surface area contributed by atoms with Gasteiger partial charge < -0.3 is 10.4 Å². The van der Waals surface area contributed by atoms with Crippen LogP contribution in [-0.4, -0.2) is 24.2 Å². The number of aliphatic carboxylic acids is 1. The van der Waals surface area contributed by atoms with Crippen molar-refractivity contribution in [3.8, 4) is 0 Å². The summed E-state index contributed by atoms with van der Waals surface area (Å²) in [5.41, 5.74) is 0. The molecule has 0 saturated heterocycles. The second-order valence-corrected chi connectivity index (χ2v) is 6.22. The Labute approximate surface area is 110 Å². The molecular formula is C15H27NO2. The number of hydrogen-bond donors (Lipinski definition) is 2. The first-order chi connectivity index (χ1) is 8.75. The first-order valence-electron chi connectivity index (χ1n) is 7.69. The summed E-state index contributed by atoms with van der Waals surface area (Å²) in [6, 6.07) is 0. The zero-order valence-electron chi connectivity index (χ0n) is 11.4. The van der Waals surface area contributed by atoms with Crippen molar-refractivity contribution in [2.75, 3.05) is 13.1 Å². The Morgan fingerprint density at radius 1 is 0.889 bits per heavy atom. The van der Waals surface area contributed by atoms with Crippen molar-refractivity contribution in [1.29, 1.82) is 0 Å². The van der Waals surface area contributed by atoms with Crippen LogP contribution < -0.4 is 5.32 Å². The van der Waals surface area contributed by atoms with Gasteiger partial charge in [0, 0.05) is 0 Å². The van der Waals surface area contributed by atoms with Gasteiger partial charge in [-0.1, -0.05) is 19.3 Å². The van der Waals surface area contributed by atoms with Crippen molar-refractivity contribution in [3.05, 3.63) is 0 Å². The summed E-state index contributed by atoms with van der Waals surface area (Å²) >= 11 is 0. The number of rotatable bonds is 5. The summed E-state index contributed by atoms with van der Waals surface area (Å²) in [5.74, 6) is 0.946. The van der Waals surface area contributed by atoms with Crippen molar-refractivity contribution < 1.29 is 9.90 Å². The number of hydrogen-bond acceptors (Lipinski definition) is 2. The van der Waals surface area contributed by atoms with Gasteiger partial charge in [-0.15, -0.1) is 0 Å². The van der Waals surface area contributed by atoms with Crippen LogP contribution in [0.15, 0.2) is 0 Å². The zero-order chi connectivity index (χ0) is 12.8. The van der Waals surface area contributed by atoms with Crippen molar-refractivity contribution >= 4 is 5.97 Å². The van der Waals surface area contributed by atoms with Gasteiger partial charge in [0.2, 0.25) is 0 Å².